The van der Waals surface area contributed by atoms with Crippen LogP contribution >= 0.6 is 43.5 Å². The summed E-state index contributed by atoms with van der Waals surface area (Å²) in [5, 5.41) is 11.0. The number of hydrogen-bond acceptors (Lipinski definition) is 2. The van der Waals surface area contributed by atoms with E-state index in [-0.39, 0.29) is 6.10 Å². The third-order valence-corrected chi connectivity index (χ3v) is 4.76. The van der Waals surface area contributed by atoms with Gasteiger partial charge >= 0.3 is 0 Å². The van der Waals surface area contributed by atoms with Gasteiger partial charge in [0.1, 0.15) is 11.9 Å². The van der Waals surface area contributed by atoms with Gasteiger partial charge in [-0.05, 0) is 30.3 Å². The van der Waals surface area contributed by atoms with Crippen LogP contribution in [0, 0.1) is 0 Å². The quantitative estimate of drug-likeness (QED) is 0.670. The van der Waals surface area contributed by atoms with Gasteiger partial charge in [-0.2, -0.15) is 0 Å². The van der Waals surface area contributed by atoms with Crippen LogP contribution in [0.5, 0.6) is 5.75 Å². The normalized spacial score (nSPS) is 21.2. The minimum absolute atomic E-state index is 0.190. The van der Waals surface area contributed by atoms with E-state index in [4.69, 9.17) is 16.3 Å². The van der Waals surface area contributed by atoms with Crippen molar-refractivity contribution in [2.75, 3.05) is 0 Å². The molecule has 0 aliphatic carbocycles. The molecule has 2 aromatic rings. The molecule has 0 spiro atoms. The maximum atomic E-state index is 10.3. The summed E-state index contributed by atoms with van der Waals surface area (Å²) in [7, 11) is 0. The van der Waals surface area contributed by atoms with E-state index in [9.17, 15) is 5.11 Å². The second-order valence-electron chi connectivity index (χ2n) is 4.71. The molecule has 2 aromatic carbocycles. The van der Waals surface area contributed by atoms with Crippen LogP contribution in [-0.4, -0.2) is 5.11 Å². The highest BCUT2D eigenvalue weighted by Crippen LogP contribution is 2.43. The van der Waals surface area contributed by atoms with Crippen LogP contribution in [0.4, 0.5) is 0 Å². The predicted octanol–water partition coefficient (Wildman–Crippen LogP) is 5.42. The first-order valence-electron chi connectivity index (χ1n) is 6.13. The lowest BCUT2D eigenvalue weighted by atomic mass is 9.95. The molecule has 2 atom stereocenters. The van der Waals surface area contributed by atoms with Crippen molar-refractivity contribution in [2.45, 2.75) is 18.6 Å². The molecule has 5 heteroatoms. The monoisotopic (exact) mass is 416 g/mol. The fourth-order valence-corrected chi connectivity index (χ4v) is 3.69. The minimum Gasteiger partial charge on any atom is -0.485 e. The second kappa shape index (κ2) is 5.68. The van der Waals surface area contributed by atoms with E-state index in [0.29, 0.717) is 11.4 Å². The molecule has 104 valence electrons. The summed E-state index contributed by atoms with van der Waals surface area (Å²) in [4.78, 5) is 0. The molecule has 0 aromatic heterocycles. The van der Waals surface area contributed by atoms with Gasteiger partial charge in [0.15, 0.2) is 0 Å². The molecule has 20 heavy (non-hydrogen) atoms. The van der Waals surface area contributed by atoms with E-state index in [0.717, 1.165) is 25.8 Å². The largest absolute Gasteiger partial charge is 0.485 e. The molecule has 1 heterocycles. The van der Waals surface area contributed by atoms with Crippen LogP contribution in [0.2, 0.25) is 5.02 Å². The van der Waals surface area contributed by atoms with Crippen molar-refractivity contribution in [1.29, 1.82) is 0 Å². The molecule has 0 amide bonds. The zero-order chi connectivity index (χ0) is 14.3. The first kappa shape index (κ1) is 14.4. The van der Waals surface area contributed by atoms with Crippen LogP contribution in [0.15, 0.2) is 45.3 Å². The van der Waals surface area contributed by atoms with Crippen molar-refractivity contribution in [1.82, 2.24) is 0 Å². The van der Waals surface area contributed by atoms with E-state index in [1.165, 1.54) is 0 Å². The zero-order valence-electron chi connectivity index (χ0n) is 10.3. The van der Waals surface area contributed by atoms with Crippen molar-refractivity contribution in [2.24, 2.45) is 0 Å². The lowest BCUT2D eigenvalue weighted by Gasteiger charge is -2.30. The van der Waals surface area contributed by atoms with Gasteiger partial charge in [0.25, 0.3) is 0 Å². The van der Waals surface area contributed by atoms with Gasteiger partial charge in [-0.25, -0.2) is 0 Å². The van der Waals surface area contributed by atoms with Crippen molar-refractivity contribution in [3.63, 3.8) is 0 Å². The molecule has 3 rings (SSSR count). The van der Waals surface area contributed by atoms with E-state index in [1.54, 1.807) is 0 Å². The van der Waals surface area contributed by atoms with E-state index >= 15 is 0 Å². The van der Waals surface area contributed by atoms with Crippen LogP contribution in [0.3, 0.4) is 0 Å². The standard InChI is InChI=1S/C15H11Br2ClO2/c16-8-1-4-14-11(5-8)13(19)7-15(20-14)10-3-2-9(18)6-12(10)17/h1-6,13,15,19H,7H2/t13-,15?/m0/s1. The average Bonchev–Trinajstić information content (AvgIpc) is 2.39. The Morgan fingerprint density at radius 1 is 1.10 bits per heavy atom. The Morgan fingerprint density at radius 2 is 1.90 bits per heavy atom. The highest BCUT2D eigenvalue weighted by molar-refractivity contribution is 9.10. The fraction of sp³-hybridized carbons (Fsp3) is 0.200. The van der Waals surface area contributed by atoms with Crippen LogP contribution in [0.1, 0.15) is 29.8 Å². The van der Waals surface area contributed by atoms with Gasteiger partial charge in [-0.1, -0.05) is 49.5 Å². The summed E-state index contributed by atoms with van der Waals surface area (Å²) < 4.78 is 7.84. The molecule has 0 radical (unpaired) electrons. The molecule has 1 unspecified atom stereocenters. The molecule has 0 bridgehead atoms. The second-order valence-corrected chi connectivity index (χ2v) is 6.91. The van der Waals surface area contributed by atoms with Crippen LogP contribution in [-0.2, 0) is 0 Å². The molecule has 0 fully saturated rings. The van der Waals surface area contributed by atoms with Gasteiger partial charge in [-0.3, -0.25) is 0 Å². The van der Waals surface area contributed by atoms with Crippen LogP contribution in [0.25, 0.3) is 0 Å². The van der Waals surface area contributed by atoms with E-state index in [1.807, 2.05) is 36.4 Å². The molecular formula is C15H11Br2ClO2. The lowest BCUT2D eigenvalue weighted by Crippen LogP contribution is -2.19. The zero-order valence-corrected chi connectivity index (χ0v) is 14.2. The number of hydrogen-bond donors (Lipinski definition) is 1. The summed E-state index contributed by atoms with van der Waals surface area (Å²) in [5.74, 6) is 0.721. The Labute approximate surface area is 139 Å². The van der Waals surface area contributed by atoms with Crippen LogP contribution < -0.4 is 4.74 Å². The summed E-state index contributed by atoms with van der Waals surface area (Å²) in [6, 6.07) is 11.3. The molecule has 1 aliphatic heterocycles. The number of rotatable bonds is 1. The lowest BCUT2D eigenvalue weighted by molar-refractivity contribution is 0.0653. The average molecular weight is 419 g/mol. The Hall–Kier alpha value is -0.550. The highest BCUT2D eigenvalue weighted by atomic mass is 79.9. The van der Waals surface area contributed by atoms with Crippen molar-refractivity contribution in [3.8, 4) is 5.75 Å². The first-order chi connectivity index (χ1) is 9.54. The number of aliphatic hydroxyl groups is 1. The fourth-order valence-electron chi connectivity index (χ4n) is 2.37. The smallest absolute Gasteiger partial charge is 0.128 e. The van der Waals surface area contributed by atoms with Gasteiger partial charge < -0.3 is 9.84 Å². The Kier molecular flexibility index (Phi) is 4.09. The number of fused-ring (bicyclic) bond motifs is 1. The molecular weight excluding hydrogens is 407 g/mol. The summed E-state index contributed by atoms with van der Waals surface area (Å²) >= 11 is 12.9. The maximum Gasteiger partial charge on any atom is 0.128 e. The Bertz CT molecular complexity index is 660. The number of halogens is 3. The maximum absolute atomic E-state index is 10.3. The highest BCUT2D eigenvalue weighted by Gasteiger charge is 2.29. The molecule has 0 saturated carbocycles. The molecule has 1 aliphatic rings. The first-order valence-corrected chi connectivity index (χ1v) is 8.10. The van der Waals surface area contributed by atoms with E-state index in [2.05, 4.69) is 31.9 Å². The van der Waals surface area contributed by atoms with Gasteiger partial charge in [0, 0.05) is 31.5 Å². The summed E-state index contributed by atoms with van der Waals surface area (Å²) in [6.45, 7) is 0. The molecule has 1 N–H and O–H groups in total. The third-order valence-electron chi connectivity index (χ3n) is 3.35. The van der Waals surface area contributed by atoms with E-state index < -0.39 is 6.10 Å². The number of ether oxygens (including phenoxy) is 1. The minimum atomic E-state index is -0.538. The number of aliphatic hydroxyl groups excluding tert-OH is 1. The summed E-state index contributed by atoms with van der Waals surface area (Å²) in [5.41, 5.74) is 1.81. The van der Waals surface area contributed by atoms with Gasteiger partial charge in [-0.15, -0.1) is 0 Å². The van der Waals surface area contributed by atoms with Crippen molar-refractivity contribution in [3.05, 3.63) is 61.5 Å². The number of benzene rings is 2. The molecule has 2 nitrogen and oxygen atoms in total. The Morgan fingerprint density at radius 3 is 2.65 bits per heavy atom. The predicted molar refractivity (Wildman–Crippen MR) is 86.2 cm³/mol. The van der Waals surface area contributed by atoms with Crippen molar-refractivity contribution < 1.29 is 9.84 Å². The molecule has 0 saturated heterocycles. The van der Waals surface area contributed by atoms with Crippen molar-refractivity contribution >= 4 is 43.5 Å². The topological polar surface area (TPSA) is 29.5 Å². The van der Waals surface area contributed by atoms with Gasteiger partial charge in [0.2, 0.25) is 0 Å². The summed E-state index contributed by atoms with van der Waals surface area (Å²) in [6.07, 6.45) is -0.210. The Balaban J connectivity index is 1.97. The van der Waals surface area contributed by atoms with Gasteiger partial charge in [0.05, 0.1) is 6.10 Å². The third kappa shape index (κ3) is 2.75. The SMILES string of the molecule is O[C@H]1CC(c2ccc(Cl)cc2Br)Oc2ccc(Br)cc21.